The van der Waals surface area contributed by atoms with Gasteiger partial charge in [0.1, 0.15) is 0 Å². The van der Waals surface area contributed by atoms with Crippen LogP contribution in [0.3, 0.4) is 0 Å². The maximum absolute atomic E-state index is 12.8. The van der Waals surface area contributed by atoms with Gasteiger partial charge < -0.3 is 5.11 Å². The second-order valence-corrected chi connectivity index (χ2v) is 10.1. The summed E-state index contributed by atoms with van der Waals surface area (Å²) in [6, 6.07) is 7.45. The molecule has 8 nitrogen and oxygen atoms in total. The molecule has 158 valence electrons. The Morgan fingerprint density at radius 1 is 1.07 bits per heavy atom. The number of hydrogen-bond donors (Lipinski definition) is 2. The summed E-state index contributed by atoms with van der Waals surface area (Å²) in [6.45, 7) is 5.59. The van der Waals surface area contributed by atoms with Crippen LogP contribution in [0.4, 0.5) is 5.69 Å². The van der Waals surface area contributed by atoms with Gasteiger partial charge in [-0.25, -0.2) is 21.6 Å². The first-order valence-corrected chi connectivity index (χ1v) is 11.9. The zero-order chi connectivity index (χ0) is 22.0. The predicted molar refractivity (Wildman–Crippen MR) is 111 cm³/mol. The Morgan fingerprint density at radius 2 is 1.69 bits per heavy atom. The van der Waals surface area contributed by atoms with E-state index in [1.807, 2.05) is 0 Å². The highest BCUT2D eigenvalue weighted by atomic mass is 35.5. The molecule has 0 amide bonds. The van der Waals surface area contributed by atoms with E-state index in [-0.39, 0.29) is 39.2 Å². The number of aromatic carboxylic acids is 1. The van der Waals surface area contributed by atoms with Gasteiger partial charge in [-0.05, 0) is 42.8 Å². The van der Waals surface area contributed by atoms with Crippen LogP contribution in [0.1, 0.15) is 29.8 Å². The molecule has 0 aliphatic heterocycles. The Hall–Kier alpha value is -2.14. The number of nitrogens with zero attached hydrogens (tertiary/aromatic N) is 1. The fraction of sp³-hybridized carbons (Fsp3) is 0.278. The number of aryl methyl sites for hydroxylation is 1. The summed E-state index contributed by atoms with van der Waals surface area (Å²) in [6.07, 6.45) is 0. The van der Waals surface area contributed by atoms with Crippen LogP contribution in [0, 0.1) is 6.92 Å². The van der Waals surface area contributed by atoms with E-state index in [4.69, 9.17) is 16.7 Å². The molecule has 0 saturated heterocycles. The average molecular weight is 461 g/mol. The Labute approximate surface area is 175 Å². The molecular formula is C18H21ClN2O6S2. The SMILES string of the molecule is CCN(CC)S(=O)(=O)c1cc(NS(=O)(=O)c2ccc(Cl)c(C(=O)O)c2)ccc1C. The summed E-state index contributed by atoms with van der Waals surface area (Å²) in [4.78, 5) is 10.9. The summed E-state index contributed by atoms with van der Waals surface area (Å²) in [7, 11) is -7.97. The van der Waals surface area contributed by atoms with Gasteiger partial charge in [0.25, 0.3) is 10.0 Å². The van der Waals surface area contributed by atoms with Crippen molar-refractivity contribution in [3.05, 3.63) is 52.5 Å². The first-order chi connectivity index (χ1) is 13.4. The Bertz CT molecular complexity index is 1140. The van der Waals surface area contributed by atoms with Gasteiger partial charge in [0.15, 0.2) is 0 Å². The number of sulfonamides is 2. The molecule has 0 aromatic heterocycles. The van der Waals surface area contributed by atoms with Gasteiger partial charge in [-0.3, -0.25) is 4.72 Å². The van der Waals surface area contributed by atoms with Crippen molar-refractivity contribution in [2.45, 2.75) is 30.6 Å². The third-order valence-electron chi connectivity index (χ3n) is 4.24. The van der Waals surface area contributed by atoms with E-state index in [0.29, 0.717) is 5.56 Å². The van der Waals surface area contributed by atoms with Crippen molar-refractivity contribution < 1.29 is 26.7 Å². The first-order valence-electron chi connectivity index (χ1n) is 8.60. The van der Waals surface area contributed by atoms with Crippen LogP contribution in [-0.4, -0.2) is 45.3 Å². The van der Waals surface area contributed by atoms with E-state index in [0.717, 1.165) is 6.07 Å². The fourth-order valence-electron chi connectivity index (χ4n) is 2.69. The molecule has 0 radical (unpaired) electrons. The summed E-state index contributed by atoms with van der Waals surface area (Å²) in [5.41, 5.74) is 0.149. The van der Waals surface area contributed by atoms with Gasteiger partial charge >= 0.3 is 5.97 Å². The Balaban J connectivity index is 2.48. The summed E-state index contributed by atoms with van der Waals surface area (Å²) < 4.78 is 54.6. The van der Waals surface area contributed by atoms with Gasteiger partial charge in [0.2, 0.25) is 10.0 Å². The van der Waals surface area contributed by atoms with Crippen molar-refractivity contribution in [3.8, 4) is 0 Å². The minimum absolute atomic E-state index is 0.0104. The maximum atomic E-state index is 12.8. The first kappa shape index (κ1) is 23.1. The second kappa shape index (κ2) is 8.70. The standard InChI is InChI=1S/C18H21ClN2O6S2/c1-4-21(5-2)29(26,27)17-10-13(7-6-12(17)3)20-28(24,25)14-8-9-16(19)15(11-14)18(22)23/h6-11,20H,4-5H2,1-3H3,(H,22,23). The van der Waals surface area contributed by atoms with Crippen molar-refractivity contribution >= 4 is 43.3 Å². The zero-order valence-corrected chi connectivity index (χ0v) is 18.4. The van der Waals surface area contributed by atoms with Crippen LogP contribution in [-0.2, 0) is 20.0 Å². The summed E-state index contributed by atoms with van der Waals surface area (Å²) >= 11 is 5.78. The van der Waals surface area contributed by atoms with Crippen molar-refractivity contribution in [1.29, 1.82) is 0 Å². The number of nitrogens with one attached hydrogen (secondary N) is 1. The molecule has 0 atom stereocenters. The highest BCUT2D eigenvalue weighted by Crippen LogP contribution is 2.26. The van der Waals surface area contributed by atoms with Gasteiger partial charge in [0.05, 0.1) is 26.1 Å². The minimum Gasteiger partial charge on any atom is -0.478 e. The molecule has 0 unspecified atom stereocenters. The van der Waals surface area contributed by atoms with E-state index < -0.39 is 26.0 Å². The van der Waals surface area contributed by atoms with Crippen molar-refractivity contribution in [3.63, 3.8) is 0 Å². The van der Waals surface area contributed by atoms with E-state index in [1.54, 1.807) is 20.8 Å². The van der Waals surface area contributed by atoms with Gasteiger partial charge in [0, 0.05) is 13.1 Å². The predicted octanol–water partition coefficient (Wildman–Crippen LogP) is 3.18. The molecular weight excluding hydrogens is 440 g/mol. The number of anilines is 1. The van der Waals surface area contributed by atoms with Crippen molar-refractivity contribution in [2.24, 2.45) is 0 Å². The lowest BCUT2D eigenvalue weighted by atomic mass is 10.2. The van der Waals surface area contributed by atoms with Gasteiger partial charge in [-0.2, -0.15) is 4.31 Å². The third-order valence-corrected chi connectivity index (χ3v) is 8.14. The number of carboxylic acid groups (broad SMARTS) is 1. The van der Waals surface area contributed by atoms with E-state index >= 15 is 0 Å². The van der Waals surface area contributed by atoms with Crippen LogP contribution in [0.2, 0.25) is 5.02 Å². The van der Waals surface area contributed by atoms with E-state index in [1.165, 1.54) is 34.6 Å². The van der Waals surface area contributed by atoms with Crippen LogP contribution in [0.5, 0.6) is 0 Å². The number of halogens is 1. The number of carbonyl (C=O) groups is 1. The number of benzene rings is 2. The third kappa shape index (κ3) is 4.89. The summed E-state index contributed by atoms with van der Waals surface area (Å²) in [5.74, 6) is -1.37. The highest BCUT2D eigenvalue weighted by Gasteiger charge is 2.25. The molecule has 0 fully saturated rings. The number of hydrogen-bond acceptors (Lipinski definition) is 5. The Kier molecular flexibility index (Phi) is 6.94. The fourth-order valence-corrected chi connectivity index (χ4v) is 5.68. The average Bonchev–Trinajstić information content (AvgIpc) is 2.63. The molecule has 2 aromatic rings. The van der Waals surface area contributed by atoms with Crippen LogP contribution in [0.25, 0.3) is 0 Å². The maximum Gasteiger partial charge on any atom is 0.337 e. The topological polar surface area (TPSA) is 121 Å². The molecule has 0 aliphatic rings. The van der Waals surface area contributed by atoms with E-state index in [9.17, 15) is 21.6 Å². The highest BCUT2D eigenvalue weighted by molar-refractivity contribution is 7.92. The van der Waals surface area contributed by atoms with E-state index in [2.05, 4.69) is 4.72 Å². The molecule has 0 saturated carbocycles. The molecule has 11 heteroatoms. The second-order valence-electron chi connectivity index (χ2n) is 6.12. The van der Waals surface area contributed by atoms with Crippen molar-refractivity contribution in [1.82, 2.24) is 4.31 Å². The smallest absolute Gasteiger partial charge is 0.337 e. The molecule has 0 bridgehead atoms. The monoisotopic (exact) mass is 460 g/mol. The lowest BCUT2D eigenvalue weighted by Crippen LogP contribution is -2.31. The lowest BCUT2D eigenvalue weighted by molar-refractivity contribution is 0.0696. The molecule has 2 N–H and O–H groups in total. The zero-order valence-electron chi connectivity index (χ0n) is 16.0. The number of rotatable bonds is 8. The van der Waals surface area contributed by atoms with Crippen molar-refractivity contribution in [2.75, 3.05) is 17.8 Å². The van der Waals surface area contributed by atoms with Crippen LogP contribution < -0.4 is 4.72 Å². The normalized spacial score (nSPS) is 12.2. The molecule has 29 heavy (non-hydrogen) atoms. The lowest BCUT2D eigenvalue weighted by Gasteiger charge is -2.20. The van der Waals surface area contributed by atoms with Gasteiger partial charge in [-0.1, -0.05) is 31.5 Å². The van der Waals surface area contributed by atoms with Crippen LogP contribution in [0.15, 0.2) is 46.2 Å². The Morgan fingerprint density at radius 3 is 2.24 bits per heavy atom. The largest absolute Gasteiger partial charge is 0.478 e. The quantitative estimate of drug-likeness (QED) is 0.624. The molecule has 2 rings (SSSR count). The minimum atomic E-state index is -4.17. The van der Waals surface area contributed by atoms with Crippen LogP contribution >= 0.6 is 11.6 Å². The molecule has 0 aliphatic carbocycles. The molecule has 0 spiro atoms. The molecule has 0 heterocycles. The van der Waals surface area contributed by atoms with Gasteiger partial charge in [-0.15, -0.1) is 0 Å². The summed E-state index contributed by atoms with van der Waals surface area (Å²) in [5, 5.41) is 9.03. The number of carboxylic acids is 1. The molecule has 2 aromatic carbocycles.